The van der Waals surface area contributed by atoms with Crippen molar-refractivity contribution in [3.63, 3.8) is 0 Å². The molecule has 1 aromatic rings. The molecular weight excluding hydrogens is 180 g/mol. The van der Waals surface area contributed by atoms with E-state index in [4.69, 9.17) is 0 Å². The van der Waals surface area contributed by atoms with Crippen LogP contribution in [0.2, 0.25) is 0 Å². The molecule has 0 aromatic heterocycles. The summed E-state index contributed by atoms with van der Waals surface area (Å²) in [5, 5.41) is 0. The van der Waals surface area contributed by atoms with Gasteiger partial charge in [0.25, 0.3) is 0 Å². The summed E-state index contributed by atoms with van der Waals surface area (Å²) in [4.78, 5) is 0. The number of hydrogen-bond acceptors (Lipinski definition) is 0. The van der Waals surface area contributed by atoms with Gasteiger partial charge in [-0.05, 0) is 30.4 Å². The molecule has 1 aromatic carbocycles. The molecule has 0 heterocycles. The summed E-state index contributed by atoms with van der Waals surface area (Å²) in [6.07, 6.45) is 10.7. The molecule has 0 aliphatic rings. The SMILES string of the molecule is CCCC=Cc1ccccc1CCCC. The second kappa shape index (κ2) is 7.28. The lowest BCUT2D eigenvalue weighted by Gasteiger charge is -2.04. The van der Waals surface area contributed by atoms with Gasteiger partial charge < -0.3 is 0 Å². The standard InChI is InChI=1S/C15H22/c1-3-5-7-11-15-13-9-8-12-14(15)10-6-4-2/h7-9,11-13H,3-6,10H2,1-2H3. The van der Waals surface area contributed by atoms with Crippen LogP contribution in [-0.2, 0) is 6.42 Å². The minimum absolute atomic E-state index is 1.18. The van der Waals surface area contributed by atoms with E-state index < -0.39 is 0 Å². The topological polar surface area (TPSA) is 0 Å². The van der Waals surface area contributed by atoms with Gasteiger partial charge in [0.1, 0.15) is 0 Å². The van der Waals surface area contributed by atoms with Crippen molar-refractivity contribution in [1.82, 2.24) is 0 Å². The predicted molar refractivity (Wildman–Crippen MR) is 69.0 cm³/mol. The molecule has 0 N–H and O–H groups in total. The Hall–Kier alpha value is -1.04. The van der Waals surface area contributed by atoms with Gasteiger partial charge in [0, 0.05) is 0 Å². The molecule has 0 aliphatic heterocycles. The zero-order valence-corrected chi connectivity index (χ0v) is 10.00. The third-order valence-electron chi connectivity index (χ3n) is 2.61. The lowest BCUT2D eigenvalue weighted by atomic mass is 10.0. The lowest BCUT2D eigenvalue weighted by molar-refractivity contribution is 0.794. The fourth-order valence-corrected chi connectivity index (χ4v) is 1.67. The minimum Gasteiger partial charge on any atom is -0.0839 e. The largest absolute Gasteiger partial charge is 0.0839 e. The van der Waals surface area contributed by atoms with E-state index in [0.717, 1.165) is 0 Å². The van der Waals surface area contributed by atoms with Crippen molar-refractivity contribution in [2.24, 2.45) is 0 Å². The molecule has 0 aliphatic carbocycles. The first-order chi connectivity index (χ1) is 7.38. The molecule has 0 heteroatoms. The molecule has 1 rings (SSSR count). The van der Waals surface area contributed by atoms with Gasteiger partial charge in [-0.2, -0.15) is 0 Å². The van der Waals surface area contributed by atoms with Crippen LogP contribution in [0.3, 0.4) is 0 Å². The molecule has 82 valence electrons. The van der Waals surface area contributed by atoms with Crippen LogP contribution < -0.4 is 0 Å². The summed E-state index contributed by atoms with van der Waals surface area (Å²) >= 11 is 0. The normalized spacial score (nSPS) is 11.1. The summed E-state index contributed by atoms with van der Waals surface area (Å²) in [5.74, 6) is 0. The molecule has 0 radical (unpaired) electrons. The van der Waals surface area contributed by atoms with E-state index in [9.17, 15) is 0 Å². The summed E-state index contributed by atoms with van der Waals surface area (Å²) < 4.78 is 0. The fourth-order valence-electron chi connectivity index (χ4n) is 1.67. The van der Waals surface area contributed by atoms with Crippen molar-refractivity contribution >= 4 is 6.08 Å². The van der Waals surface area contributed by atoms with Crippen LogP contribution in [0.5, 0.6) is 0 Å². The van der Waals surface area contributed by atoms with Crippen molar-refractivity contribution in [3.8, 4) is 0 Å². The molecule has 0 amide bonds. The third kappa shape index (κ3) is 4.33. The van der Waals surface area contributed by atoms with E-state index in [1.54, 1.807) is 0 Å². The van der Waals surface area contributed by atoms with E-state index in [-0.39, 0.29) is 0 Å². The quantitative estimate of drug-likeness (QED) is 0.619. The van der Waals surface area contributed by atoms with Gasteiger partial charge in [0.2, 0.25) is 0 Å². The van der Waals surface area contributed by atoms with Crippen LogP contribution in [0.25, 0.3) is 6.08 Å². The summed E-state index contributed by atoms with van der Waals surface area (Å²) in [6, 6.07) is 8.74. The monoisotopic (exact) mass is 202 g/mol. The van der Waals surface area contributed by atoms with E-state index in [1.165, 1.54) is 43.2 Å². The first kappa shape index (κ1) is 12.0. The Kier molecular flexibility index (Phi) is 5.84. The Balaban J connectivity index is 2.67. The number of rotatable bonds is 6. The average Bonchev–Trinajstić information content (AvgIpc) is 2.28. The molecule has 15 heavy (non-hydrogen) atoms. The van der Waals surface area contributed by atoms with E-state index in [2.05, 4.69) is 50.3 Å². The first-order valence-corrected chi connectivity index (χ1v) is 6.13. The highest BCUT2D eigenvalue weighted by Crippen LogP contribution is 2.14. The van der Waals surface area contributed by atoms with Crippen LogP contribution in [0.15, 0.2) is 30.3 Å². The highest BCUT2D eigenvalue weighted by molar-refractivity contribution is 5.53. The maximum atomic E-state index is 2.28. The lowest BCUT2D eigenvalue weighted by Crippen LogP contribution is -1.88. The maximum absolute atomic E-state index is 2.28. The number of allylic oxidation sites excluding steroid dienone is 1. The molecule has 0 saturated heterocycles. The highest BCUT2D eigenvalue weighted by atomic mass is 14.0. The van der Waals surface area contributed by atoms with Gasteiger partial charge >= 0.3 is 0 Å². The summed E-state index contributed by atoms with van der Waals surface area (Å²) in [6.45, 7) is 4.46. The molecular formula is C15H22. The van der Waals surface area contributed by atoms with Gasteiger partial charge in [-0.3, -0.25) is 0 Å². The van der Waals surface area contributed by atoms with Crippen LogP contribution in [-0.4, -0.2) is 0 Å². The summed E-state index contributed by atoms with van der Waals surface area (Å²) in [5.41, 5.74) is 2.89. The van der Waals surface area contributed by atoms with Crippen molar-refractivity contribution < 1.29 is 0 Å². The second-order valence-corrected chi connectivity index (χ2v) is 3.99. The first-order valence-electron chi connectivity index (χ1n) is 6.13. The Morgan fingerprint density at radius 3 is 2.60 bits per heavy atom. The molecule has 0 fully saturated rings. The van der Waals surface area contributed by atoms with Crippen molar-refractivity contribution in [1.29, 1.82) is 0 Å². The zero-order chi connectivity index (χ0) is 10.9. The van der Waals surface area contributed by atoms with E-state index in [1.807, 2.05) is 0 Å². The maximum Gasteiger partial charge on any atom is -0.0228 e. The van der Waals surface area contributed by atoms with Crippen molar-refractivity contribution in [3.05, 3.63) is 41.5 Å². The van der Waals surface area contributed by atoms with Gasteiger partial charge in [-0.25, -0.2) is 0 Å². The van der Waals surface area contributed by atoms with Crippen LogP contribution >= 0.6 is 0 Å². The molecule has 0 atom stereocenters. The Morgan fingerprint density at radius 1 is 1.07 bits per heavy atom. The number of benzene rings is 1. The average molecular weight is 202 g/mol. The van der Waals surface area contributed by atoms with Gasteiger partial charge in [-0.15, -0.1) is 0 Å². The molecule has 0 spiro atoms. The third-order valence-corrected chi connectivity index (χ3v) is 2.61. The number of hydrogen-bond donors (Lipinski definition) is 0. The Bertz CT molecular complexity index is 297. The fraction of sp³-hybridized carbons (Fsp3) is 0.467. The number of aryl methyl sites for hydroxylation is 1. The Morgan fingerprint density at radius 2 is 1.87 bits per heavy atom. The summed E-state index contributed by atoms with van der Waals surface area (Å²) in [7, 11) is 0. The van der Waals surface area contributed by atoms with Crippen molar-refractivity contribution in [2.75, 3.05) is 0 Å². The molecule has 0 bridgehead atoms. The minimum atomic E-state index is 1.18. The molecule has 0 unspecified atom stereocenters. The highest BCUT2D eigenvalue weighted by Gasteiger charge is 1.96. The van der Waals surface area contributed by atoms with Gasteiger partial charge in [-0.1, -0.05) is 63.1 Å². The molecule has 0 saturated carbocycles. The zero-order valence-electron chi connectivity index (χ0n) is 10.00. The van der Waals surface area contributed by atoms with Crippen LogP contribution in [0.4, 0.5) is 0 Å². The second-order valence-electron chi connectivity index (χ2n) is 3.99. The predicted octanol–water partition coefficient (Wildman–Crippen LogP) is 4.84. The van der Waals surface area contributed by atoms with Crippen molar-refractivity contribution in [2.45, 2.75) is 46.0 Å². The Labute approximate surface area is 94.0 Å². The smallest absolute Gasteiger partial charge is 0.0228 e. The van der Waals surface area contributed by atoms with E-state index >= 15 is 0 Å². The molecule has 0 nitrogen and oxygen atoms in total. The van der Waals surface area contributed by atoms with Gasteiger partial charge in [0.15, 0.2) is 0 Å². The van der Waals surface area contributed by atoms with Crippen LogP contribution in [0.1, 0.15) is 50.7 Å². The number of unbranched alkanes of at least 4 members (excludes halogenated alkanes) is 2. The van der Waals surface area contributed by atoms with Gasteiger partial charge in [0.05, 0.1) is 0 Å². The van der Waals surface area contributed by atoms with Crippen LogP contribution in [0, 0.1) is 0 Å². The van der Waals surface area contributed by atoms with E-state index in [0.29, 0.717) is 0 Å².